The van der Waals surface area contributed by atoms with E-state index in [-0.39, 0.29) is 0 Å². The number of benzene rings is 9. The number of rotatable bonds is 11. The summed E-state index contributed by atoms with van der Waals surface area (Å²) in [4.78, 5) is 7.00. The molecule has 0 saturated carbocycles. The van der Waals surface area contributed by atoms with Crippen LogP contribution in [0.5, 0.6) is 0 Å². The van der Waals surface area contributed by atoms with Crippen molar-refractivity contribution in [1.82, 2.24) is 0 Å². The fourth-order valence-electron chi connectivity index (χ4n) is 9.01. The summed E-state index contributed by atoms with van der Waals surface area (Å²) < 4.78 is 0. The second-order valence-electron chi connectivity index (χ2n) is 17.2. The lowest BCUT2D eigenvalue weighted by atomic mass is 10.0. The van der Waals surface area contributed by atoms with Crippen LogP contribution in [-0.2, 0) is 0 Å². The van der Waals surface area contributed by atoms with E-state index in [4.69, 9.17) is 0 Å². The van der Waals surface area contributed by atoms with Crippen LogP contribution in [0.3, 0.4) is 0 Å². The van der Waals surface area contributed by atoms with E-state index in [2.05, 4.69) is 270 Å². The summed E-state index contributed by atoms with van der Waals surface area (Å²) in [5.74, 6) is 0. The molecule has 3 nitrogen and oxygen atoms in total. The van der Waals surface area contributed by atoms with Crippen molar-refractivity contribution >= 4 is 45.5 Å². The van der Waals surface area contributed by atoms with Crippen LogP contribution in [-0.4, -0.2) is 7.05 Å². The second-order valence-corrected chi connectivity index (χ2v) is 17.2. The first kappa shape index (κ1) is 41.7. The Kier molecular flexibility index (Phi) is 11.7. The van der Waals surface area contributed by atoms with Crippen molar-refractivity contribution < 1.29 is 0 Å². The fourth-order valence-corrected chi connectivity index (χ4v) is 9.01. The second kappa shape index (κ2) is 18.0. The third kappa shape index (κ3) is 8.71. The van der Waals surface area contributed by atoms with Gasteiger partial charge in [0, 0.05) is 52.5 Å². The molecule has 0 aliphatic heterocycles. The number of hydrogen-bond acceptors (Lipinski definition) is 3. The smallest absolute Gasteiger partial charge is 0.0490 e. The quantitative estimate of drug-likeness (QED) is 0.129. The Hall–Kier alpha value is -7.62. The number of anilines is 8. The van der Waals surface area contributed by atoms with Crippen LogP contribution in [0.15, 0.2) is 206 Å². The molecule has 0 fully saturated rings. The van der Waals surface area contributed by atoms with Crippen molar-refractivity contribution in [3.8, 4) is 33.4 Å². The molecule has 0 aliphatic rings. The predicted octanol–water partition coefficient (Wildman–Crippen LogP) is 17.2. The molecule has 9 aromatic rings. The van der Waals surface area contributed by atoms with Crippen LogP contribution in [0.25, 0.3) is 33.4 Å². The molecule has 0 radical (unpaired) electrons. The van der Waals surface area contributed by atoms with E-state index in [1.807, 2.05) is 0 Å². The molecule has 0 heterocycles. The SMILES string of the molecule is Cc1ccc(N(C)c2ccc(-c3ccc(N(c4ccc(-c5ccc(N(c6ccc(-c7ccccc7)cc6)c6ccc(C)cc6C)cc5)cc4)c4ccc(C)cc4C)cc3)cc2)c(C)c1. The Morgan fingerprint density at radius 3 is 0.812 bits per heavy atom. The molecule has 0 amide bonds. The summed E-state index contributed by atoms with van der Waals surface area (Å²) in [7, 11) is 2.14. The summed E-state index contributed by atoms with van der Waals surface area (Å²) in [6.07, 6.45) is 0. The van der Waals surface area contributed by atoms with Gasteiger partial charge in [-0.3, -0.25) is 0 Å². The third-order valence-corrected chi connectivity index (χ3v) is 12.4. The van der Waals surface area contributed by atoms with Crippen molar-refractivity contribution in [1.29, 1.82) is 0 Å². The van der Waals surface area contributed by atoms with Crippen molar-refractivity contribution in [3.63, 3.8) is 0 Å². The Labute approximate surface area is 380 Å². The Morgan fingerprint density at radius 1 is 0.250 bits per heavy atom. The first-order chi connectivity index (χ1) is 31.1. The van der Waals surface area contributed by atoms with Crippen molar-refractivity contribution in [2.45, 2.75) is 41.5 Å². The molecule has 314 valence electrons. The molecule has 0 unspecified atom stereocenters. The van der Waals surface area contributed by atoms with Crippen LogP contribution >= 0.6 is 0 Å². The van der Waals surface area contributed by atoms with Gasteiger partial charge >= 0.3 is 0 Å². The van der Waals surface area contributed by atoms with E-state index in [9.17, 15) is 0 Å². The van der Waals surface area contributed by atoms with Crippen molar-refractivity contribution in [2.75, 3.05) is 21.7 Å². The topological polar surface area (TPSA) is 9.72 Å². The van der Waals surface area contributed by atoms with E-state index in [0.29, 0.717) is 0 Å². The lowest BCUT2D eigenvalue weighted by Gasteiger charge is -2.28. The molecule has 0 bridgehead atoms. The summed E-state index contributed by atoms with van der Waals surface area (Å²) in [5, 5.41) is 0. The maximum absolute atomic E-state index is 2.37. The van der Waals surface area contributed by atoms with Gasteiger partial charge in [-0.15, -0.1) is 0 Å². The Bertz CT molecular complexity index is 3020. The Morgan fingerprint density at radius 2 is 0.516 bits per heavy atom. The highest BCUT2D eigenvalue weighted by molar-refractivity contribution is 5.84. The largest absolute Gasteiger partial charge is 0.344 e. The molecule has 9 rings (SSSR count). The van der Waals surface area contributed by atoms with Gasteiger partial charge in [0.1, 0.15) is 0 Å². The summed E-state index contributed by atoms with van der Waals surface area (Å²) in [6.45, 7) is 13.0. The van der Waals surface area contributed by atoms with E-state index in [1.54, 1.807) is 0 Å². The highest BCUT2D eigenvalue weighted by Crippen LogP contribution is 2.41. The third-order valence-electron chi connectivity index (χ3n) is 12.4. The summed E-state index contributed by atoms with van der Waals surface area (Å²) in [6, 6.07) is 75.3. The standard InChI is InChI=1S/C61H55N3/c1-42-13-36-59(45(4)39-42)62(7)54-26-16-50(17-27-54)51-20-30-56(31-21-51)64(61-38-15-44(3)41-47(61)6)58-34-24-53(25-35-58)52-22-32-57(33-23-52)63(60-37-14-43(2)40-46(60)5)55-28-18-49(19-29-55)48-11-9-8-10-12-48/h8-41H,1-7H3. The van der Waals surface area contributed by atoms with Gasteiger partial charge in [0.05, 0.1) is 0 Å². The molecule has 0 atom stereocenters. The molecule has 0 spiro atoms. The minimum Gasteiger partial charge on any atom is -0.344 e. The maximum Gasteiger partial charge on any atom is 0.0490 e. The van der Waals surface area contributed by atoms with Crippen LogP contribution < -0.4 is 14.7 Å². The zero-order valence-electron chi connectivity index (χ0n) is 38.0. The highest BCUT2D eigenvalue weighted by Gasteiger charge is 2.18. The monoisotopic (exact) mass is 829 g/mol. The average molecular weight is 830 g/mol. The molecule has 3 heteroatoms. The molecule has 0 N–H and O–H groups in total. The first-order valence-electron chi connectivity index (χ1n) is 22.2. The lowest BCUT2D eigenvalue weighted by molar-refractivity contribution is 1.18. The zero-order valence-corrected chi connectivity index (χ0v) is 38.0. The molecule has 0 aliphatic carbocycles. The minimum atomic E-state index is 1.11. The molecule has 9 aromatic carbocycles. The Balaban J connectivity index is 0.988. The van der Waals surface area contributed by atoms with Gasteiger partial charge < -0.3 is 14.7 Å². The first-order valence-corrected chi connectivity index (χ1v) is 22.2. The lowest BCUT2D eigenvalue weighted by Crippen LogP contribution is -2.11. The fraction of sp³-hybridized carbons (Fsp3) is 0.115. The van der Waals surface area contributed by atoms with Gasteiger partial charge in [0.25, 0.3) is 0 Å². The molecular formula is C61H55N3. The van der Waals surface area contributed by atoms with E-state index in [1.165, 1.54) is 78.1 Å². The van der Waals surface area contributed by atoms with Gasteiger partial charge in [-0.25, -0.2) is 0 Å². The highest BCUT2D eigenvalue weighted by atomic mass is 15.1. The van der Waals surface area contributed by atoms with Gasteiger partial charge in [-0.05, 0) is 170 Å². The predicted molar refractivity (Wildman–Crippen MR) is 275 cm³/mol. The summed E-state index contributed by atoms with van der Waals surface area (Å²) in [5.41, 5.74) is 23.8. The van der Waals surface area contributed by atoms with E-state index < -0.39 is 0 Å². The normalized spacial score (nSPS) is 11.0. The van der Waals surface area contributed by atoms with Crippen LogP contribution in [0.2, 0.25) is 0 Å². The maximum atomic E-state index is 2.37. The molecule has 0 aromatic heterocycles. The molecular weight excluding hydrogens is 775 g/mol. The van der Waals surface area contributed by atoms with Gasteiger partial charge in [-0.1, -0.05) is 144 Å². The van der Waals surface area contributed by atoms with Gasteiger partial charge in [0.15, 0.2) is 0 Å². The zero-order chi connectivity index (χ0) is 44.3. The van der Waals surface area contributed by atoms with Crippen molar-refractivity contribution in [3.05, 3.63) is 240 Å². The average Bonchev–Trinajstić information content (AvgIpc) is 3.32. The van der Waals surface area contributed by atoms with Crippen LogP contribution in [0, 0.1) is 41.5 Å². The van der Waals surface area contributed by atoms with Gasteiger partial charge in [0.2, 0.25) is 0 Å². The molecule has 0 saturated heterocycles. The number of nitrogens with zero attached hydrogens (tertiary/aromatic N) is 3. The number of aryl methyl sites for hydroxylation is 6. The van der Waals surface area contributed by atoms with Crippen LogP contribution in [0.1, 0.15) is 33.4 Å². The van der Waals surface area contributed by atoms with E-state index >= 15 is 0 Å². The number of hydrogen-bond donors (Lipinski definition) is 0. The van der Waals surface area contributed by atoms with E-state index in [0.717, 1.165) is 34.1 Å². The van der Waals surface area contributed by atoms with Crippen molar-refractivity contribution in [2.24, 2.45) is 0 Å². The summed E-state index contributed by atoms with van der Waals surface area (Å²) >= 11 is 0. The van der Waals surface area contributed by atoms with Crippen LogP contribution in [0.4, 0.5) is 45.5 Å². The van der Waals surface area contributed by atoms with Gasteiger partial charge in [-0.2, -0.15) is 0 Å². The molecule has 64 heavy (non-hydrogen) atoms. The minimum absolute atomic E-state index is 1.11.